The molecule has 128 valence electrons. The molecule has 6 heteroatoms. The summed E-state index contributed by atoms with van der Waals surface area (Å²) in [6, 6.07) is 9.29. The molecule has 0 saturated carbocycles. The Bertz CT molecular complexity index is 511. The van der Waals surface area contributed by atoms with Gasteiger partial charge < -0.3 is 10.1 Å². The fourth-order valence-electron chi connectivity index (χ4n) is 1.99. The lowest BCUT2D eigenvalue weighted by molar-refractivity contribution is -0.169. The number of benzene rings is 1. The quantitative estimate of drug-likeness (QED) is 0.817. The lowest BCUT2D eigenvalue weighted by Gasteiger charge is -2.24. The third-order valence-electron chi connectivity index (χ3n) is 3.09. The molecule has 0 aliphatic carbocycles. The van der Waals surface area contributed by atoms with E-state index >= 15 is 0 Å². The van der Waals surface area contributed by atoms with Crippen molar-refractivity contribution in [2.45, 2.75) is 45.3 Å². The molecule has 0 aliphatic rings. The van der Waals surface area contributed by atoms with Crippen LogP contribution in [0.3, 0.4) is 0 Å². The molecule has 6 nitrogen and oxygen atoms in total. The molecule has 0 fully saturated rings. The summed E-state index contributed by atoms with van der Waals surface area (Å²) in [7, 11) is 2.96. The van der Waals surface area contributed by atoms with Crippen molar-refractivity contribution in [2.24, 2.45) is 0 Å². The van der Waals surface area contributed by atoms with Gasteiger partial charge in [0.15, 0.2) is 0 Å². The van der Waals surface area contributed by atoms with Crippen LogP contribution >= 0.6 is 0 Å². The van der Waals surface area contributed by atoms with Crippen molar-refractivity contribution in [3.05, 3.63) is 35.9 Å². The van der Waals surface area contributed by atoms with Crippen molar-refractivity contribution in [1.29, 1.82) is 0 Å². The number of rotatable bonds is 6. The largest absolute Gasteiger partial charge is 0.444 e. The third kappa shape index (κ3) is 7.65. The van der Waals surface area contributed by atoms with E-state index in [1.165, 1.54) is 14.2 Å². The molecule has 2 amide bonds. The lowest BCUT2D eigenvalue weighted by atomic mass is 10.0. The molecule has 0 aromatic heterocycles. The van der Waals surface area contributed by atoms with Crippen LogP contribution in [0.2, 0.25) is 0 Å². The van der Waals surface area contributed by atoms with E-state index in [1.54, 1.807) is 20.8 Å². The van der Waals surface area contributed by atoms with E-state index in [9.17, 15) is 9.59 Å². The normalized spacial score (nSPS) is 12.4. The Hall–Kier alpha value is -2.08. The summed E-state index contributed by atoms with van der Waals surface area (Å²) < 4.78 is 5.27. The number of alkyl carbamates (subject to hydrolysis) is 1. The fourth-order valence-corrected chi connectivity index (χ4v) is 1.99. The first-order chi connectivity index (χ1) is 10.7. The maximum Gasteiger partial charge on any atom is 0.407 e. The second-order valence-electron chi connectivity index (χ2n) is 6.31. The third-order valence-corrected chi connectivity index (χ3v) is 3.09. The number of carbonyl (C=O) groups is 2. The highest BCUT2D eigenvalue weighted by Crippen LogP contribution is 2.11. The number of hydroxylamine groups is 2. The van der Waals surface area contributed by atoms with Gasteiger partial charge in [-0.15, -0.1) is 0 Å². The van der Waals surface area contributed by atoms with Crippen molar-refractivity contribution < 1.29 is 19.2 Å². The molecule has 0 aliphatic heterocycles. The van der Waals surface area contributed by atoms with E-state index in [2.05, 4.69) is 5.32 Å². The van der Waals surface area contributed by atoms with Crippen LogP contribution in [0.5, 0.6) is 0 Å². The van der Waals surface area contributed by atoms with Crippen LogP contribution in [0.25, 0.3) is 0 Å². The molecule has 1 rings (SSSR count). The van der Waals surface area contributed by atoms with Gasteiger partial charge in [0.05, 0.1) is 7.11 Å². The fraction of sp³-hybridized carbons (Fsp3) is 0.529. The van der Waals surface area contributed by atoms with Crippen LogP contribution < -0.4 is 5.32 Å². The Balaban J connectivity index is 2.75. The first-order valence-electron chi connectivity index (χ1n) is 7.55. The van der Waals surface area contributed by atoms with Crippen LogP contribution in [0, 0.1) is 0 Å². The second kappa shape index (κ2) is 8.53. The molecule has 0 radical (unpaired) electrons. The Kier molecular flexibility index (Phi) is 7.03. The van der Waals surface area contributed by atoms with Crippen molar-refractivity contribution in [3.63, 3.8) is 0 Å². The molecule has 1 aromatic rings. The van der Waals surface area contributed by atoms with Gasteiger partial charge in [0.2, 0.25) is 5.91 Å². The number of carbonyl (C=O) groups excluding carboxylic acids is 2. The Morgan fingerprint density at radius 2 is 1.83 bits per heavy atom. The second-order valence-corrected chi connectivity index (χ2v) is 6.31. The summed E-state index contributed by atoms with van der Waals surface area (Å²) in [4.78, 5) is 28.9. The molecular weight excluding hydrogens is 296 g/mol. The summed E-state index contributed by atoms with van der Waals surface area (Å²) in [6.45, 7) is 5.38. The number of nitrogens with one attached hydrogen (secondary N) is 1. The molecule has 0 spiro atoms. The van der Waals surface area contributed by atoms with Crippen LogP contribution in [0.1, 0.15) is 32.8 Å². The minimum Gasteiger partial charge on any atom is -0.444 e. The Morgan fingerprint density at radius 3 is 2.35 bits per heavy atom. The standard InChI is InChI=1S/C17H26N2O4/c1-17(2,3)23-16(21)18-14(12-15(20)19(4)22-5)11-13-9-7-6-8-10-13/h6-10,14H,11-12H2,1-5H3,(H,18,21). The monoisotopic (exact) mass is 322 g/mol. The molecule has 1 N–H and O–H groups in total. The predicted molar refractivity (Wildman–Crippen MR) is 87.7 cm³/mol. The summed E-state index contributed by atoms with van der Waals surface area (Å²) in [6.07, 6.45) is 0.119. The van der Waals surface area contributed by atoms with E-state index in [1.807, 2.05) is 30.3 Å². The SMILES string of the molecule is CON(C)C(=O)CC(Cc1ccccc1)NC(=O)OC(C)(C)C. The van der Waals surface area contributed by atoms with Crippen LogP contribution in [0.15, 0.2) is 30.3 Å². The minimum atomic E-state index is -0.589. The van der Waals surface area contributed by atoms with Crippen LogP contribution in [-0.4, -0.2) is 42.9 Å². The van der Waals surface area contributed by atoms with Gasteiger partial charge in [-0.25, -0.2) is 9.86 Å². The molecule has 0 bridgehead atoms. The van der Waals surface area contributed by atoms with Crippen molar-refractivity contribution in [2.75, 3.05) is 14.2 Å². The van der Waals surface area contributed by atoms with E-state index in [0.29, 0.717) is 6.42 Å². The molecule has 1 atom stereocenters. The van der Waals surface area contributed by atoms with Crippen LogP contribution in [-0.2, 0) is 20.8 Å². The van der Waals surface area contributed by atoms with E-state index in [-0.39, 0.29) is 18.4 Å². The maximum atomic E-state index is 12.1. The van der Waals surface area contributed by atoms with Crippen molar-refractivity contribution >= 4 is 12.0 Å². The van der Waals surface area contributed by atoms with Gasteiger partial charge in [-0.3, -0.25) is 9.63 Å². The van der Waals surface area contributed by atoms with E-state index < -0.39 is 11.7 Å². The summed E-state index contributed by atoms with van der Waals surface area (Å²) in [5.41, 5.74) is 0.441. The molecule has 0 saturated heterocycles. The average Bonchev–Trinajstić information content (AvgIpc) is 2.45. The average molecular weight is 322 g/mol. The lowest BCUT2D eigenvalue weighted by Crippen LogP contribution is -2.43. The Morgan fingerprint density at radius 1 is 1.22 bits per heavy atom. The minimum absolute atomic E-state index is 0.123. The highest BCUT2D eigenvalue weighted by atomic mass is 16.7. The molecule has 1 aromatic carbocycles. The molecular formula is C17H26N2O4. The highest BCUT2D eigenvalue weighted by Gasteiger charge is 2.23. The predicted octanol–water partition coefficient (Wildman–Crippen LogP) is 2.53. The van der Waals surface area contributed by atoms with E-state index in [0.717, 1.165) is 10.6 Å². The zero-order valence-corrected chi connectivity index (χ0v) is 14.5. The topological polar surface area (TPSA) is 67.9 Å². The van der Waals surface area contributed by atoms with Gasteiger partial charge in [-0.05, 0) is 32.8 Å². The number of hydrogen-bond acceptors (Lipinski definition) is 4. The molecule has 1 unspecified atom stereocenters. The van der Waals surface area contributed by atoms with E-state index in [4.69, 9.17) is 9.57 Å². The number of ether oxygens (including phenoxy) is 1. The van der Waals surface area contributed by atoms with Gasteiger partial charge in [0.1, 0.15) is 5.60 Å². The first kappa shape index (κ1) is 19.0. The number of nitrogens with zero attached hydrogens (tertiary/aromatic N) is 1. The Labute approximate surface area is 137 Å². The summed E-state index contributed by atoms with van der Waals surface area (Å²) >= 11 is 0. The first-order valence-corrected chi connectivity index (χ1v) is 7.55. The van der Waals surface area contributed by atoms with Gasteiger partial charge in [-0.1, -0.05) is 30.3 Å². The zero-order valence-electron chi connectivity index (χ0n) is 14.5. The summed E-state index contributed by atoms with van der Waals surface area (Å²) in [5, 5.41) is 3.92. The highest BCUT2D eigenvalue weighted by molar-refractivity contribution is 5.76. The van der Waals surface area contributed by atoms with Gasteiger partial charge in [-0.2, -0.15) is 0 Å². The zero-order chi connectivity index (χ0) is 17.5. The maximum absolute atomic E-state index is 12.1. The smallest absolute Gasteiger partial charge is 0.407 e. The van der Waals surface area contributed by atoms with Crippen molar-refractivity contribution in [1.82, 2.24) is 10.4 Å². The molecule has 23 heavy (non-hydrogen) atoms. The molecule has 0 heterocycles. The number of hydrogen-bond donors (Lipinski definition) is 1. The number of amides is 2. The van der Waals surface area contributed by atoms with Crippen molar-refractivity contribution in [3.8, 4) is 0 Å². The van der Waals surface area contributed by atoms with Gasteiger partial charge >= 0.3 is 6.09 Å². The van der Waals surface area contributed by atoms with Gasteiger partial charge in [0.25, 0.3) is 0 Å². The summed E-state index contributed by atoms with van der Waals surface area (Å²) in [5.74, 6) is -0.218. The van der Waals surface area contributed by atoms with Crippen LogP contribution in [0.4, 0.5) is 4.79 Å². The van der Waals surface area contributed by atoms with Gasteiger partial charge in [0, 0.05) is 19.5 Å².